The van der Waals surface area contributed by atoms with Crippen LogP contribution in [-0.2, 0) is 10.0 Å². The second-order valence-electron chi connectivity index (χ2n) is 7.57. The van der Waals surface area contributed by atoms with Gasteiger partial charge in [0.25, 0.3) is 11.8 Å². The van der Waals surface area contributed by atoms with Crippen molar-refractivity contribution in [3.63, 3.8) is 0 Å². The first-order chi connectivity index (χ1) is 14.8. The lowest BCUT2D eigenvalue weighted by Crippen LogP contribution is -2.31. The minimum absolute atomic E-state index is 0.0772. The molecule has 0 spiro atoms. The smallest absolute Gasteiger partial charge is 0.255 e. The third kappa shape index (κ3) is 4.80. The van der Waals surface area contributed by atoms with Crippen molar-refractivity contribution in [3.05, 3.63) is 59.2 Å². The van der Waals surface area contributed by atoms with E-state index in [9.17, 15) is 18.0 Å². The van der Waals surface area contributed by atoms with Gasteiger partial charge in [-0.1, -0.05) is 32.0 Å². The highest BCUT2D eigenvalue weighted by molar-refractivity contribution is 7.89. The summed E-state index contributed by atoms with van der Waals surface area (Å²) in [5.74, 6) is -0.557. The predicted molar refractivity (Wildman–Crippen MR) is 121 cm³/mol. The van der Waals surface area contributed by atoms with E-state index in [0.29, 0.717) is 43.0 Å². The molecule has 1 aliphatic rings. The first-order valence-corrected chi connectivity index (χ1v) is 12.0. The largest absolute Gasteiger partial charge is 0.339 e. The summed E-state index contributed by atoms with van der Waals surface area (Å²) >= 11 is 0. The van der Waals surface area contributed by atoms with Gasteiger partial charge in [0.15, 0.2) is 0 Å². The number of nitrogens with zero attached hydrogens (tertiary/aromatic N) is 2. The molecular weight excluding hydrogens is 414 g/mol. The summed E-state index contributed by atoms with van der Waals surface area (Å²) in [5.41, 5.74) is 1.76. The second-order valence-corrected chi connectivity index (χ2v) is 9.50. The fourth-order valence-corrected chi connectivity index (χ4v) is 5.26. The zero-order chi connectivity index (χ0) is 22.6. The van der Waals surface area contributed by atoms with Crippen molar-refractivity contribution in [2.24, 2.45) is 0 Å². The zero-order valence-electron chi connectivity index (χ0n) is 18.2. The SMILES string of the molecule is CCN(CC)S(=O)(=O)c1ccc(C)c(C(=O)Nc2ccccc2C(=O)N2CCCC2)c1. The number of carbonyl (C=O) groups is 2. The van der Waals surface area contributed by atoms with E-state index < -0.39 is 15.9 Å². The van der Waals surface area contributed by atoms with Crippen LogP contribution in [0.3, 0.4) is 0 Å². The van der Waals surface area contributed by atoms with Crippen LogP contribution in [0, 0.1) is 6.92 Å². The molecule has 8 heteroatoms. The summed E-state index contributed by atoms with van der Waals surface area (Å²) in [5, 5.41) is 2.81. The number of hydrogen-bond donors (Lipinski definition) is 1. The van der Waals surface area contributed by atoms with Gasteiger partial charge in [-0.25, -0.2) is 8.42 Å². The van der Waals surface area contributed by atoms with Crippen molar-refractivity contribution in [1.82, 2.24) is 9.21 Å². The molecule has 1 fully saturated rings. The first-order valence-electron chi connectivity index (χ1n) is 10.6. The summed E-state index contributed by atoms with van der Waals surface area (Å²) in [4.78, 5) is 27.8. The quantitative estimate of drug-likeness (QED) is 0.709. The van der Waals surface area contributed by atoms with Gasteiger partial charge in [0, 0.05) is 31.7 Å². The number of anilines is 1. The van der Waals surface area contributed by atoms with E-state index in [1.54, 1.807) is 56.0 Å². The van der Waals surface area contributed by atoms with Crippen LogP contribution in [0.25, 0.3) is 0 Å². The van der Waals surface area contributed by atoms with Crippen LogP contribution in [-0.4, -0.2) is 55.6 Å². The molecular formula is C23H29N3O4S. The van der Waals surface area contributed by atoms with E-state index in [-0.39, 0.29) is 16.4 Å². The van der Waals surface area contributed by atoms with Crippen molar-refractivity contribution in [2.75, 3.05) is 31.5 Å². The van der Waals surface area contributed by atoms with Gasteiger partial charge in [0.2, 0.25) is 10.0 Å². The molecule has 0 radical (unpaired) electrons. The number of nitrogens with one attached hydrogen (secondary N) is 1. The summed E-state index contributed by atoms with van der Waals surface area (Å²) in [6, 6.07) is 11.5. The zero-order valence-corrected chi connectivity index (χ0v) is 19.0. The summed E-state index contributed by atoms with van der Waals surface area (Å²) in [6.45, 7) is 7.43. The standard InChI is InChI=1S/C23H29N3O4S/c1-4-26(5-2)31(29,30)18-13-12-17(3)20(16-18)22(27)24-21-11-7-6-10-19(21)23(28)25-14-8-9-15-25/h6-7,10-13,16H,4-5,8-9,14-15H2,1-3H3,(H,24,27). The fraction of sp³-hybridized carbons (Fsp3) is 0.391. The molecule has 0 aliphatic carbocycles. The van der Waals surface area contributed by atoms with Crippen molar-refractivity contribution in [1.29, 1.82) is 0 Å². The topological polar surface area (TPSA) is 86.8 Å². The summed E-state index contributed by atoms with van der Waals surface area (Å²) < 4.78 is 27.1. The Morgan fingerprint density at radius 2 is 1.65 bits per heavy atom. The number of rotatable bonds is 7. The highest BCUT2D eigenvalue weighted by atomic mass is 32.2. The van der Waals surface area contributed by atoms with Crippen LogP contribution in [0.15, 0.2) is 47.4 Å². The maximum Gasteiger partial charge on any atom is 0.255 e. The lowest BCUT2D eigenvalue weighted by Gasteiger charge is -2.20. The highest BCUT2D eigenvalue weighted by Gasteiger charge is 2.25. The molecule has 0 saturated carbocycles. The normalized spacial score (nSPS) is 14.1. The Morgan fingerprint density at radius 3 is 2.29 bits per heavy atom. The van der Waals surface area contributed by atoms with E-state index in [2.05, 4.69) is 5.32 Å². The van der Waals surface area contributed by atoms with E-state index in [0.717, 1.165) is 12.8 Å². The van der Waals surface area contributed by atoms with Crippen molar-refractivity contribution >= 4 is 27.5 Å². The number of benzene rings is 2. The van der Waals surface area contributed by atoms with E-state index in [1.807, 2.05) is 0 Å². The van der Waals surface area contributed by atoms with Crippen LogP contribution in [0.1, 0.15) is 53.0 Å². The van der Waals surface area contributed by atoms with Crippen LogP contribution < -0.4 is 5.32 Å². The average Bonchev–Trinajstić information content (AvgIpc) is 3.29. The van der Waals surface area contributed by atoms with E-state index >= 15 is 0 Å². The highest BCUT2D eigenvalue weighted by Crippen LogP contribution is 2.23. The van der Waals surface area contributed by atoms with Gasteiger partial charge in [0.05, 0.1) is 16.1 Å². The molecule has 0 bridgehead atoms. The number of amides is 2. The number of hydrogen-bond acceptors (Lipinski definition) is 4. The Bertz CT molecular complexity index is 1070. The molecule has 1 aliphatic heterocycles. The Morgan fingerprint density at radius 1 is 1.00 bits per heavy atom. The number of aryl methyl sites for hydroxylation is 1. The molecule has 2 amide bonds. The molecule has 2 aromatic carbocycles. The van der Waals surface area contributed by atoms with Gasteiger partial charge < -0.3 is 10.2 Å². The van der Waals surface area contributed by atoms with E-state index in [4.69, 9.17) is 0 Å². The molecule has 0 aromatic heterocycles. The van der Waals surface area contributed by atoms with Gasteiger partial charge in [-0.2, -0.15) is 4.31 Å². The minimum atomic E-state index is -3.69. The maximum absolute atomic E-state index is 13.1. The molecule has 1 heterocycles. The third-order valence-electron chi connectivity index (χ3n) is 5.60. The monoisotopic (exact) mass is 443 g/mol. The maximum atomic E-state index is 13.1. The van der Waals surface area contributed by atoms with E-state index in [1.165, 1.54) is 16.4 Å². The molecule has 31 heavy (non-hydrogen) atoms. The van der Waals surface area contributed by atoms with Gasteiger partial charge in [-0.3, -0.25) is 9.59 Å². The molecule has 7 nitrogen and oxygen atoms in total. The molecule has 0 atom stereocenters. The Balaban J connectivity index is 1.91. The Hall–Kier alpha value is -2.71. The van der Waals surface area contributed by atoms with Crippen molar-refractivity contribution in [3.8, 4) is 0 Å². The average molecular weight is 444 g/mol. The number of likely N-dealkylation sites (tertiary alicyclic amines) is 1. The second kappa shape index (κ2) is 9.62. The summed E-state index contributed by atoms with van der Waals surface area (Å²) in [7, 11) is -3.69. The Kier molecular flexibility index (Phi) is 7.12. The molecule has 3 rings (SSSR count). The summed E-state index contributed by atoms with van der Waals surface area (Å²) in [6.07, 6.45) is 1.96. The number of carbonyl (C=O) groups excluding carboxylic acids is 2. The van der Waals surface area contributed by atoms with Gasteiger partial charge in [0.1, 0.15) is 0 Å². The van der Waals surface area contributed by atoms with Crippen LogP contribution in [0.2, 0.25) is 0 Å². The van der Waals surface area contributed by atoms with Gasteiger partial charge in [-0.05, 0) is 49.6 Å². The minimum Gasteiger partial charge on any atom is -0.339 e. The first kappa shape index (κ1) is 23.0. The Labute approximate surface area is 184 Å². The number of para-hydroxylation sites is 1. The predicted octanol–water partition coefficient (Wildman–Crippen LogP) is 3.51. The lowest BCUT2D eigenvalue weighted by atomic mass is 10.1. The molecule has 1 N–H and O–H groups in total. The third-order valence-corrected chi connectivity index (χ3v) is 7.64. The molecule has 0 unspecified atom stereocenters. The van der Waals surface area contributed by atoms with Crippen LogP contribution >= 0.6 is 0 Å². The van der Waals surface area contributed by atoms with Crippen LogP contribution in [0.5, 0.6) is 0 Å². The fourth-order valence-electron chi connectivity index (χ4n) is 3.78. The van der Waals surface area contributed by atoms with Crippen molar-refractivity contribution in [2.45, 2.75) is 38.5 Å². The van der Waals surface area contributed by atoms with Gasteiger partial charge >= 0.3 is 0 Å². The molecule has 2 aromatic rings. The van der Waals surface area contributed by atoms with Crippen LogP contribution in [0.4, 0.5) is 5.69 Å². The lowest BCUT2D eigenvalue weighted by molar-refractivity contribution is 0.0794. The number of sulfonamides is 1. The van der Waals surface area contributed by atoms with Crippen molar-refractivity contribution < 1.29 is 18.0 Å². The molecule has 166 valence electrons. The van der Waals surface area contributed by atoms with Gasteiger partial charge in [-0.15, -0.1) is 0 Å². The molecule has 1 saturated heterocycles.